The van der Waals surface area contributed by atoms with Crippen molar-refractivity contribution in [3.63, 3.8) is 0 Å². The molecule has 0 saturated carbocycles. The molecule has 0 heterocycles. The molecule has 0 aliphatic carbocycles. The van der Waals surface area contributed by atoms with Crippen molar-refractivity contribution < 1.29 is 5.11 Å². The Bertz CT molecular complexity index is 283. The molecule has 1 aromatic rings. The zero-order valence-corrected chi connectivity index (χ0v) is 10.1. The fourth-order valence-corrected chi connectivity index (χ4v) is 2.85. The first kappa shape index (κ1) is 11.5. The number of phenols is 1. The minimum Gasteiger partial charge on any atom is -0.508 e. The highest BCUT2D eigenvalue weighted by Gasteiger charge is 2.11. The summed E-state index contributed by atoms with van der Waals surface area (Å²) in [5, 5.41) is 9.39. The number of benzene rings is 1. The largest absolute Gasteiger partial charge is 0.508 e. The molecule has 0 bridgehead atoms. The third-order valence-corrected chi connectivity index (χ3v) is 3.59. The van der Waals surface area contributed by atoms with Gasteiger partial charge < -0.3 is 5.11 Å². The lowest BCUT2D eigenvalue weighted by molar-refractivity contribution is 0.473. The standard InChI is InChI=1S/C12H19OP/c1-9(2)7-12(14-3)10-5-4-6-11(13)8-10/h4-6,8-9,12-14H,7H2,1-3H3. The van der Waals surface area contributed by atoms with Gasteiger partial charge in [-0.3, -0.25) is 0 Å². The van der Waals surface area contributed by atoms with Crippen LogP contribution in [0.3, 0.4) is 0 Å². The van der Waals surface area contributed by atoms with Gasteiger partial charge >= 0.3 is 0 Å². The molecule has 78 valence electrons. The van der Waals surface area contributed by atoms with E-state index in [1.165, 1.54) is 12.0 Å². The molecule has 1 N–H and O–H groups in total. The van der Waals surface area contributed by atoms with E-state index in [1.54, 1.807) is 6.07 Å². The monoisotopic (exact) mass is 210 g/mol. The molecule has 1 rings (SSSR count). The van der Waals surface area contributed by atoms with Crippen molar-refractivity contribution in [3.8, 4) is 5.75 Å². The molecule has 1 nitrogen and oxygen atoms in total. The zero-order valence-electron chi connectivity index (χ0n) is 9.12. The van der Waals surface area contributed by atoms with Crippen LogP contribution < -0.4 is 0 Å². The van der Waals surface area contributed by atoms with E-state index in [9.17, 15) is 5.11 Å². The Balaban J connectivity index is 2.78. The number of rotatable bonds is 4. The summed E-state index contributed by atoms with van der Waals surface area (Å²) < 4.78 is 0. The quantitative estimate of drug-likeness (QED) is 0.749. The van der Waals surface area contributed by atoms with E-state index in [-0.39, 0.29) is 0 Å². The van der Waals surface area contributed by atoms with Gasteiger partial charge in [0.15, 0.2) is 0 Å². The lowest BCUT2D eigenvalue weighted by Gasteiger charge is -2.17. The highest BCUT2D eigenvalue weighted by Crippen LogP contribution is 2.38. The minimum atomic E-state index is 0.384. The molecule has 0 aliphatic rings. The van der Waals surface area contributed by atoms with Crippen LogP contribution in [0.5, 0.6) is 5.75 Å². The van der Waals surface area contributed by atoms with Crippen LogP contribution >= 0.6 is 8.58 Å². The zero-order chi connectivity index (χ0) is 10.6. The lowest BCUT2D eigenvalue weighted by atomic mass is 10.0. The molecule has 0 radical (unpaired) electrons. The van der Waals surface area contributed by atoms with E-state index < -0.39 is 0 Å². The van der Waals surface area contributed by atoms with Gasteiger partial charge in [-0.15, -0.1) is 8.58 Å². The summed E-state index contributed by atoms with van der Waals surface area (Å²) in [7, 11) is 0.904. The Morgan fingerprint density at radius 3 is 2.57 bits per heavy atom. The van der Waals surface area contributed by atoms with Crippen molar-refractivity contribution in [1.29, 1.82) is 0 Å². The maximum absolute atomic E-state index is 9.39. The van der Waals surface area contributed by atoms with Gasteiger partial charge in [-0.25, -0.2) is 0 Å². The van der Waals surface area contributed by atoms with Crippen LogP contribution in [0.1, 0.15) is 31.5 Å². The molecule has 0 aliphatic heterocycles. The summed E-state index contributed by atoms with van der Waals surface area (Å²) >= 11 is 0. The maximum Gasteiger partial charge on any atom is 0.115 e. The average molecular weight is 210 g/mol. The van der Waals surface area contributed by atoms with Crippen molar-refractivity contribution in [3.05, 3.63) is 29.8 Å². The predicted octanol–water partition coefficient (Wildman–Crippen LogP) is 3.79. The van der Waals surface area contributed by atoms with Gasteiger partial charge in [-0.1, -0.05) is 26.0 Å². The molecule has 2 unspecified atom stereocenters. The van der Waals surface area contributed by atoms with Gasteiger partial charge in [-0.2, -0.15) is 0 Å². The second kappa shape index (κ2) is 5.36. The first-order chi connectivity index (χ1) is 6.63. The molecule has 0 fully saturated rings. The molecule has 0 spiro atoms. The van der Waals surface area contributed by atoms with Crippen LogP contribution in [0, 0.1) is 5.92 Å². The summed E-state index contributed by atoms with van der Waals surface area (Å²) in [6.45, 7) is 6.73. The first-order valence-electron chi connectivity index (χ1n) is 5.09. The van der Waals surface area contributed by atoms with Gasteiger partial charge in [0, 0.05) is 5.66 Å². The topological polar surface area (TPSA) is 20.2 Å². The maximum atomic E-state index is 9.39. The lowest BCUT2D eigenvalue weighted by Crippen LogP contribution is -1.97. The summed E-state index contributed by atoms with van der Waals surface area (Å²) in [4.78, 5) is 0. The average Bonchev–Trinajstić information content (AvgIpc) is 2.14. The first-order valence-corrected chi connectivity index (χ1v) is 6.67. The minimum absolute atomic E-state index is 0.384. The fourth-order valence-electron chi connectivity index (χ4n) is 1.63. The Labute approximate surface area is 88.3 Å². The van der Waals surface area contributed by atoms with Crippen molar-refractivity contribution >= 4 is 8.58 Å². The fraction of sp³-hybridized carbons (Fsp3) is 0.500. The van der Waals surface area contributed by atoms with E-state index >= 15 is 0 Å². The molecular formula is C12H19OP. The van der Waals surface area contributed by atoms with Gasteiger partial charge in [0.25, 0.3) is 0 Å². The van der Waals surface area contributed by atoms with Crippen LogP contribution in [-0.4, -0.2) is 11.8 Å². The predicted molar refractivity (Wildman–Crippen MR) is 64.5 cm³/mol. The van der Waals surface area contributed by atoms with Crippen LogP contribution in [0.25, 0.3) is 0 Å². The third-order valence-electron chi connectivity index (χ3n) is 2.33. The van der Waals surface area contributed by atoms with Crippen LogP contribution in [0.15, 0.2) is 24.3 Å². The Morgan fingerprint density at radius 1 is 1.36 bits per heavy atom. The molecule has 0 saturated heterocycles. The molecule has 0 amide bonds. The third kappa shape index (κ3) is 3.31. The number of hydrogen-bond donors (Lipinski definition) is 1. The number of phenolic OH excluding ortho intramolecular Hbond substituents is 1. The smallest absolute Gasteiger partial charge is 0.115 e. The summed E-state index contributed by atoms with van der Waals surface area (Å²) in [5.41, 5.74) is 1.89. The van der Waals surface area contributed by atoms with E-state index in [0.29, 0.717) is 11.4 Å². The summed E-state index contributed by atoms with van der Waals surface area (Å²) in [6.07, 6.45) is 1.21. The van der Waals surface area contributed by atoms with E-state index in [2.05, 4.69) is 26.6 Å². The summed E-state index contributed by atoms with van der Waals surface area (Å²) in [6, 6.07) is 7.67. The van der Waals surface area contributed by atoms with E-state index in [1.807, 2.05) is 12.1 Å². The second-order valence-electron chi connectivity index (χ2n) is 4.07. The van der Waals surface area contributed by atoms with Crippen LogP contribution in [0.2, 0.25) is 0 Å². The van der Waals surface area contributed by atoms with E-state index in [0.717, 1.165) is 14.5 Å². The van der Waals surface area contributed by atoms with Crippen molar-refractivity contribution in [2.75, 3.05) is 6.66 Å². The van der Waals surface area contributed by atoms with Crippen molar-refractivity contribution in [2.24, 2.45) is 5.92 Å². The van der Waals surface area contributed by atoms with Gasteiger partial charge in [0.2, 0.25) is 0 Å². The highest BCUT2D eigenvalue weighted by molar-refractivity contribution is 7.37. The summed E-state index contributed by atoms with van der Waals surface area (Å²) in [5.74, 6) is 1.10. The Hall–Kier alpha value is -0.550. The Kier molecular flexibility index (Phi) is 4.41. The van der Waals surface area contributed by atoms with E-state index in [4.69, 9.17) is 0 Å². The normalized spacial score (nSPS) is 14.0. The van der Waals surface area contributed by atoms with Crippen molar-refractivity contribution in [2.45, 2.75) is 25.9 Å². The molecule has 2 atom stereocenters. The van der Waals surface area contributed by atoms with Gasteiger partial charge in [0.05, 0.1) is 0 Å². The molecule has 0 aromatic heterocycles. The second-order valence-corrected chi connectivity index (χ2v) is 5.34. The molecular weight excluding hydrogens is 191 g/mol. The highest BCUT2D eigenvalue weighted by atomic mass is 31.1. The Morgan fingerprint density at radius 2 is 2.07 bits per heavy atom. The van der Waals surface area contributed by atoms with Crippen LogP contribution in [-0.2, 0) is 0 Å². The number of hydrogen-bond acceptors (Lipinski definition) is 1. The van der Waals surface area contributed by atoms with Gasteiger partial charge in [-0.05, 0) is 36.7 Å². The number of aromatic hydroxyl groups is 1. The molecule has 2 heteroatoms. The van der Waals surface area contributed by atoms with Crippen LogP contribution in [0.4, 0.5) is 0 Å². The van der Waals surface area contributed by atoms with Crippen molar-refractivity contribution in [1.82, 2.24) is 0 Å². The molecule has 1 aromatic carbocycles. The molecule has 14 heavy (non-hydrogen) atoms. The van der Waals surface area contributed by atoms with Gasteiger partial charge in [0.1, 0.15) is 5.75 Å². The SMILES string of the molecule is CPC(CC(C)C)c1cccc(O)c1.